The van der Waals surface area contributed by atoms with Crippen LogP contribution in [0.4, 0.5) is 5.69 Å². The Hall–Kier alpha value is -1.16. The van der Waals surface area contributed by atoms with Gasteiger partial charge in [0.2, 0.25) is 0 Å². The summed E-state index contributed by atoms with van der Waals surface area (Å²) in [5.41, 5.74) is 0.455. The molecule has 0 spiro atoms. The molecule has 1 aromatic rings. The van der Waals surface area contributed by atoms with Crippen molar-refractivity contribution in [2.24, 2.45) is 0 Å². The smallest absolute Gasteiger partial charge is 0.258 e. The zero-order valence-corrected chi connectivity index (χ0v) is 8.08. The van der Waals surface area contributed by atoms with Crippen LogP contribution in [0, 0.1) is 10.1 Å². The molecule has 0 saturated carbocycles. The van der Waals surface area contributed by atoms with Crippen LogP contribution >= 0.6 is 11.6 Å². The van der Waals surface area contributed by atoms with E-state index in [9.17, 15) is 10.1 Å². The first-order valence-corrected chi connectivity index (χ1v) is 4.20. The first kappa shape index (κ1) is 9.92. The molecule has 0 aliphatic heterocycles. The highest BCUT2D eigenvalue weighted by molar-refractivity contribution is 6.30. The molecule has 70 valence electrons. The first-order chi connectivity index (χ1) is 6.02. The van der Waals surface area contributed by atoms with Crippen molar-refractivity contribution in [1.82, 2.24) is 4.98 Å². The second-order valence-electron chi connectivity index (χ2n) is 2.97. The number of hydrogen-bond donors (Lipinski definition) is 0. The average molecular weight is 201 g/mol. The zero-order chi connectivity index (χ0) is 10.0. The number of aromatic nitrogens is 1. The molecule has 0 aromatic carbocycles. The van der Waals surface area contributed by atoms with Gasteiger partial charge in [0, 0.05) is 18.2 Å². The lowest BCUT2D eigenvalue weighted by Crippen LogP contribution is -1.99. The highest BCUT2D eigenvalue weighted by Gasteiger charge is 2.17. The maximum atomic E-state index is 10.6. The van der Waals surface area contributed by atoms with Crippen LogP contribution in [0.5, 0.6) is 0 Å². The summed E-state index contributed by atoms with van der Waals surface area (Å²) in [6, 6.07) is 1.32. The molecule has 0 amide bonds. The summed E-state index contributed by atoms with van der Waals surface area (Å²) in [5.74, 6) is 0.0256. The molecule has 4 nitrogen and oxygen atoms in total. The molecular formula is C8H9ClN2O2. The number of nitrogens with zero attached hydrogens (tertiary/aromatic N) is 2. The third-order valence-corrected chi connectivity index (χ3v) is 1.81. The van der Waals surface area contributed by atoms with Crippen LogP contribution in [-0.4, -0.2) is 9.91 Å². The molecule has 0 saturated heterocycles. The summed E-state index contributed by atoms with van der Waals surface area (Å²) in [6.45, 7) is 3.70. The minimum absolute atomic E-state index is 0.0116. The van der Waals surface area contributed by atoms with E-state index in [1.807, 2.05) is 13.8 Å². The van der Waals surface area contributed by atoms with Crippen LogP contribution in [0.3, 0.4) is 0 Å². The molecule has 0 aliphatic rings. The summed E-state index contributed by atoms with van der Waals surface area (Å²) in [6.07, 6.45) is 1.42. The molecule has 13 heavy (non-hydrogen) atoms. The van der Waals surface area contributed by atoms with E-state index in [0.29, 0.717) is 5.69 Å². The largest absolute Gasteiger partial charge is 0.292 e. The fraction of sp³-hybridized carbons (Fsp3) is 0.375. The number of rotatable bonds is 2. The Morgan fingerprint density at radius 2 is 2.23 bits per heavy atom. The number of hydrogen-bond acceptors (Lipinski definition) is 3. The van der Waals surface area contributed by atoms with Gasteiger partial charge < -0.3 is 0 Å². The van der Waals surface area contributed by atoms with Crippen LogP contribution in [0.2, 0.25) is 5.02 Å². The predicted molar refractivity (Wildman–Crippen MR) is 50.0 cm³/mol. The highest BCUT2D eigenvalue weighted by atomic mass is 35.5. The molecule has 0 radical (unpaired) electrons. The van der Waals surface area contributed by atoms with E-state index in [-0.39, 0.29) is 16.6 Å². The molecule has 1 heterocycles. The fourth-order valence-electron chi connectivity index (χ4n) is 1.03. The normalized spacial score (nSPS) is 10.5. The Morgan fingerprint density at radius 3 is 2.69 bits per heavy atom. The van der Waals surface area contributed by atoms with Gasteiger partial charge >= 0.3 is 0 Å². The summed E-state index contributed by atoms with van der Waals surface area (Å²) in [5, 5.41) is 10.9. The Kier molecular flexibility index (Phi) is 2.83. The second-order valence-corrected chi connectivity index (χ2v) is 3.41. The van der Waals surface area contributed by atoms with Gasteiger partial charge in [-0.1, -0.05) is 25.4 Å². The lowest BCUT2D eigenvalue weighted by Gasteiger charge is -2.04. The molecule has 0 bridgehead atoms. The minimum atomic E-state index is -0.464. The molecule has 1 aromatic heterocycles. The standard InChI is InChI=1S/C8H9ClN2O2/c1-5(2)8-7(11(12)13)3-6(9)4-10-8/h3-5H,1-2H3. The molecule has 1 rings (SSSR count). The quantitative estimate of drug-likeness (QED) is 0.545. The van der Waals surface area contributed by atoms with Gasteiger partial charge in [-0.2, -0.15) is 0 Å². The van der Waals surface area contributed by atoms with Gasteiger partial charge in [0.25, 0.3) is 5.69 Å². The van der Waals surface area contributed by atoms with Crippen molar-refractivity contribution < 1.29 is 4.92 Å². The van der Waals surface area contributed by atoms with E-state index in [2.05, 4.69) is 4.98 Å². The molecule has 5 heteroatoms. The summed E-state index contributed by atoms with van der Waals surface area (Å²) < 4.78 is 0. The molecule has 0 unspecified atom stereocenters. The van der Waals surface area contributed by atoms with Gasteiger partial charge in [-0.05, 0) is 0 Å². The van der Waals surface area contributed by atoms with Gasteiger partial charge in [0.05, 0.1) is 9.95 Å². The average Bonchev–Trinajstić information content (AvgIpc) is 2.03. The van der Waals surface area contributed by atoms with Gasteiger partial charge in [-0.25, -0.2) is 0 Å². The fourth-order valence-corrected chi connectivity index (χ4v) is 1.18. The van der Waals surface area contributed by atoms with Crippen molar-refractivity contribution in [3.05, 3.63) is 33.1 Å². The lowest BCUT2D eigenvalue weighted by molar-refractivity contribution is -0.386. The molecule has 0 N–H and O–H groups in total. The van der Waals surface area contributed by atoms with Crippen LogP contribution < -0.4 is 0 Å². The van der Waals surface area contributed by atoms with Gasteiger partial charge in [0.15, 0.2) is 0 Å². The molecule has 0 fully saturated rings. The van der Waals surface area contributed by atoms with Crippen LogP contribution in [0.1, 0.15) is 25.5 Å². The maximum absolute atomic E-state index is 10.6. The van der Waals surface area contributed by atoms with Crippen molar-refractivity contribution in [2.75, 3.05) is 0 Å². The third-order valence-electron chi connectivity index (χ3n) is 1.61. The topological polar surface area (TPSA) is 56.0 Å². The van der Waals surface area contributed by atoms with E-state index >= 15 is 0 Å². The Morgan fingerprint density at radius 1 is 1.62 bits per heavy atom. The van der Waals surface area contributed by atoms with Crippen molar-refractivity contribution >= 4 is 17.3 Å². The predicted octanol–water partition coefficient (Wildman–Crippen LogP) is 2.77. The summed E-state index contributed by atoms with van der Waals surface area (Å²) >= 11 is 5.60. The minimum Gasteiger partial charge on any atom is -0.258 e. The first-order valence-electron chi connectivity index (χ1n) is 3.82. The molecule has 0 aliphatic carbocycles. The van der Waals surface area contributed by atoms with Crippen LogP contribution in [-0.2, 0) is 0 Å². The van der Waals surface area contributed by atoms with E-state index in [1.54, 1.807) is 0 Å². The maximum Gasteiger partial charge on any atom is 0.292 e. The Labute approximate surface area is 80.7 Å². The summed E-state index contributed by atoms with van der Waals surface area (Å²) in [7, 11) is 0. The third kappa shape index (κ3) is 2.15. The lowest BCUT2D eigenvalue weighted by atomic mass is 10.1. The van der Waals surface area contributed by atoms with Gasteiger partial charge in [-0.15, -0.1) is 0 Å². The number of nitro groups is 1. The van der Waals surface area contributed by atoms with E-state index in [0.717, 1.165) is 0 Å². The van der Waals surface area contributed by atoms with Crippen molar-refractivity contribution in [2.45, 2.75) is 19.8 Å². The summed E-state index contributed by atoms with van der Waals surface area (Å²) in [4.78, 5) is 14.0. The monoisotopic (exact) mass is 200 g/mol. The van der Waals surface area contributed by atoms with Crippen molar-refractivity contribution in [3.63, 3.8) is 0 Å². The molecule has 0 atom stereocenters. The van der Waals surface area contributed by atoms with E-state index in [4.69, 9.17) is 11.6 Å². The van der Waals surface area contributed by atoms with E-state index < -0.39 is 4.92 Å². The highest BCUT2D eigenvalue weighted by Crippen LogP contribution is 2.26. The number of pyridine rings is 1. The van der Waals surface area contributed by atoms with Crippen LogP contribution in [0.15, 0.2) is 12.3 Å². The van der Waals surface area contributed by atoms with Crippen molar-refractivity contribution in [3.8, 4) is 0 Å². The number of halogens is 1. The SMILES string of the molecule is CC(C)c1ncc(Cl)cc1[N+](=O)[O-]. The Bertz CT molecular complexity index is 339. The van der Waals surface area contributed by atoms with Gasteiger partial charge in [0.1, 0.15) is 5.69 Å². The second kappa shape index (κ2) is 3.70. The van der Waals surface area contributed by atoms with Crippen LogP contribution in [0.25, 0.3) is 0 Å². The molecular weight excluding hydrogens is 192 g/mol. The van der Waals surface area contributed by atoms with Crippen molar-refractivity contribution in [1.29, 1.82) is 0 Å². The van der Waals surface area contributed by atoms with Gasteiger partial charge in [-0.3, -0.25) is 15.1 Å². The van der Waals surface area contributed by atoms with E-state index in [1.165, 1.54) is 12.3 Å². The zero-order valence-electron chi connectivity index (χ0n) is 7.32. The Balaban J connectivity index is 3.27.